The molecule has 0 saturated heterocycles. The maximum absolute atomic E-state index is 13.1. The van der Waals surface area contributed by atoms with Crippen molar-refractivity contribution in [2.24, 2.45) is 7.05 Å². The van der Waals surface area contributed by atoms with Crippen molar-refractivity contribution in [3.63, 3.8) is 0 Å². The monoisotopic (exact) mass is 343 g/mol. The van der Waals surface area contributed by atoms with Crippen LogP contribution in [0.2, 0.25) is 0 Å². The molecule has 2 rings (SSSR count). The van der Waals surface area contributed by atoms with Gasteiger partial charge in [0.15, 0.2) is 0 Å². The van der Waals surface area contributed by atoms with Crippen LogP contribution >= 0.6 is 0 Å². The minimum Gasteiger partial charge on any atom is -0.391 e. The number of aliphatic hydroxyl groups is 1. The Bertz CT molecular complexity index is 800. The van der Waals surface area contributed by atoms with Crippen LogP contribution in [0.4, 0.5) is 0 Å². The molecule has 1 atom stereocenters. The van der Waals surface area contributed by atoms with Crippen molar-refractivity contribution in [2.75, 3.05) is 6.54 Å². The highest BCUT2D eigenvalue weighted by Crippen LogP contribution is 2.13. The number of carbonyl (C=O) groups excluding carboxylic acids is 1. The summed E-state index contributed by atoms with van der Waals surface area (Å²) in [4.78, 5) is 27.1. The zero-order valence-corrected chi connectivity index (χ0v) is 15.2. The van der Waals surface area contributed by atoms with Crippen molar-refractivity contribution in [3.05, 3.63) is 63.1 Å². The molecule has 0 radical (unpaired) electrons. The number of nitrogens with zero attached hydrogens (tertiary/aromatic N) is 3. The van der Waals surface area contributed by atoms with Gasteiger partial charge in [0.05, 0.1) is 11.8 Å². The van der Waals surface area contributed by atoms with E-state index in [9.17, 15) is 14.7 Å². The van der Waals surface area contributed by atoms with Crippen molar-refractivity contribution < 1.29 is 9.90 Å². The van der Waals surface area contributed by atoms with E-state index in [1.807, 2.05) is 37.3 Å². The first kappa shape index (κ1) is 18.9. The molecule has 0 spiro atoms. The number of aryl methyl sites for hydroxylation is 2. The van der Waals surface area contributed by atoms with Crippen LogP contribution in [0.25, 0.3) is 0 Å². The van der Waals surface area contributed by atoms with Gasteiger partial charge in [-0.2, -0.15) is 5.10 Å². The van der Waals surface area contributed by atoms with Gasteiger partial charge in [0.2, 0.25) is 0 Å². The normalized spacial score (nSPS) is 12.0. The molecule has 0 aliphatic carbocycles. The Balaban J connectivity index is 2.43. The fourth-order valence-electron chi connectivity index (χ4n) is 2.67. The largest absolute Gasteiger partial charge is 0.391 e. The summed E-state index contributed by atoms with van der Waals surface area (Å²) >= 11 is 0. The van der Waals surface area contributed by atoms with Crippen molar-refractivity contribution in [1.82, 2.24) is 14.7 Å². The van der Waals surface area contributed by atoms with Gasteiger partial charge < -0.3 is 10.0 Å². The van der Waals surface area contributed by atoms with Crippen LogP contribution in [-0.4, -0.2) is 38.3 Å². The van der Waals surface area contributed by atoms with Crippen molar-refractivity contribution in [3.8, 4) is 0 Å². The average molecular weight is 343 g/mol. The Hall–Kier alpha value is -2.47. The van der Waals surface area contributed by atoms with Crippen LogP contribution < -0.4 is 5.56 Å². The zero-order chi connectivity index (χ0) is 18.6. The van der Waals surface area contributed by atoms with Gasteiger partial charge in [-0.1, -0.05) is 37.3 Å². The second kappa shape index (κ2) is 8.07. The Kier molecular flexibility index (Phi) is 6.09. The Morgan fingerprint density at radius 1 is 1.28 bits per heavy atom. The lowest BCUT2D eigenvalue weighted by Gasteiger charge is -2.26. The molecule has 6 nitrogen and oxygen atoms in total. The standard InChI is InChI=1S/C19H25N3O3/c1-5-16(23)12-22(11-15-9-7-6-8-10-15)19(25)17-13(2)14(3)20-21(4)18(17)24/h6-10,16,23H,5,11-12H2,1-4H3. The van der Waals surface area contributed by atoms with Crippen LogP contribution in [0, 0.1) is 13.8 Å². The van der Waals surface area contributed by atoms with Gasteiger partial charge >= 0.3 is 0 Å². The van der Waals surface area contributed by atoms with Gasteiger partial charge in [0.25, 0.3) is 11.5 Å². The molecule has 1 unspecified atom stereocenters. The first-order valence-corrected chi connectivity index (χ1v) is 8.40. The molecule has 0 fully saturated rings. The Morgan fingerprint density at radius 2 is 1.92 bits per heavy atom. The lowest BCUT2D eigenvalue weighted by Crippen LogP contribution is -2.41. The highest BCUT2D eigenvalue weighted by molar-refractivity contribution is 5.95. The first-order chi connectivity index (χ1) is 11.8. The van der Waals surface area contributed by atoms with Crippen molar-refractivity contribution in [1.29, 1.82) is 0 Å². The smallest absolute Gasteiger partial charge is 0.279 e. The van der Waals surface area contributed by atoms with Crippen LogP contribution in [0.1, 0.15) is 40.5 Å². The highest BCUT2D eigenvalue weighted by atomic mass is 16.3. The zero-order valence-electron chi connectivity index (χ0n) is 15.2. The summed E-state index contributed by atoms with van der Waals surface area (Å²) in [6.45, 7) is 5.87. The maximum atomic E-state index is 13.1. The molecule has 25 heavy (non-hydrogen) atoms. The molecule has 1 amide bonds. The number of aromatic nitrogens is 2. The Morgan fingerprint density at radius 3 is 2.52 bits per heavy atom. The fourth-order valence-corrected chi connectivity index (χ4v) is 2.67. The summed E-state index contributed by atoms with van der Waals surface area (Å²) in [6, 6.07) is 9.54. The molecular formula is C19H25N3O3. The fraction of sp³-hybridized carbons (Fsp3) is 0.421. The van der Waals surface area contributed by atoms with E-state index in [-0.39, 0.29) is 18.0 Å². The molecule has 0 saturated carbocycles. The Labute approximate surface area is 147 Å². The van der Waals surface area contributed by atoms with Gasteiger partial charge in [-0.05, 0) is 31.4 Å². The predicted molar refractivity (Wildman–Crippen MR) is 96.4 cm³/mol. The van der Waals surface area contributed by atoms with E-state index in [1.54, 1.807) is 13.8 Å². The van der Waals surface area contributed by atoms with E-state index in [2.05, 4.69) is 5.10 Å². The minimum absolute atomic E-state index is 0.120. The van der Waals surface area contributed by atoms with Crippen LogP contribution in [0.5, 0.6) is 0 Å². The number of amides is 1. The number of hydrogen-bond donors (Lipinski definition) is 1. The molecule has 1 N–H and O–H groups in total. The first-order valence-electron chi connectivity index (χ1n) is 8.40. The third kappa shape index (κ3) is 4.33. The summed E-state index contributed by atoms with van der Waals surface area (Å²) in [5, 5.41) is 14.2. The van der Waals surface area contributed by atoms with Crippen LogP contribution in [0.15, 0.2) is 35.1 Å². The molecule has 1 heterocycles. The van der Waals surface area contributed by atoms with Gasteiger partial charge in [0.1, 0.15) is 5.56 Å². The average Bonchev–Trinajstić information content (AvgIpc) is 2.60. The molecule has 0 aliphatic rings. The second-order valence-corrected chi connectivity index (χ2v) is 6.25. The molecule has 134 valence electrons. The molecule has 1 aromatic carbocycles. The third-order valence-corrected chi connectivity index (χ3v) is 4.35. The van der Waals surface area contributed by atoms with Gasteiger partial charge in [-0.25, -0.2) is 4.68 Å². The number of hydrogen-bond acceptors (Lipinski definition) is 4. The van der Waals surface area contributed by atoms with E-state index in [1.165, 1.54) is 16.6 Å². The van der Waals surface area contributed by atoms with E-state index < -0.39 is 11.7 Å². The minimum atomic E-state index is -0.639. The van der Waals surface area contributed by atoms with Gasteiger partial charge in [0, 0.05) is 20.1 Å². The summed E-state index contributed by atoms with van der Waals surface area (Å²) in [5.41, 5.74) is 1.86. The summed E-state index contributed by atoms with van der Waals surface area (Å²) in [5.74, 6) is -0.375. The van der Waals surface area contributed by atoms with Crippen molar-refractivity contribution in [2.45, 2.75) is 39.8 Å². The highest BCUT2D eigenvalue weighted by Gasteiger charge is 2.25. The lowest BCUT2D eigenvalue weighted by atomic mass is 10.1. The number of carbonyl (C=O) groups is 1. The number of rotatable bonds is 6. The third-order valence-electron chi connectivity index (χ3n) is 4.35. The molecule has 6 heteroatoms. The second-order valence-electron chi connectivity index (χ2n) is 6.25. The molecule has 0 bridgehead atoms. The molecule has 2 aromatic rings. The molecular weight excluding hydrogens is 318 g/mol. The topological polar surface area (TPSA) is 75.4 Å². The maximum Gasteiger partial charge on any atom is 0.279 e. The van der Waals surface area contributed by atoms with E-state index in [0.29, 0.717) is 24.2 Å². The quantitative estimate of drug-likeness (QED) is 0.868. The summed E-state index contributed by atoms with van der Waals surface area (Å²) in [7, 11) is 1.54. The van der Waals surface area contributed by atoms with Crippen molar-refractivity contribution >= 4 is 5.91 Å². The molecule has 0 aliphatic heterocycles. The predicted octanol–water partition coefficient (Wildman–Crippen LogP) is 1.81. The summed E-state index contributed by atoms with van der Waals surface area (Å²) < 4.78 is 1.19. The number of aliphatic hydroxyl groups excluding tert-OH is 1. The van der Waals surface area contributed by atoms with Gasteiger partial charge in [-0.15, -0.1) is 0 Å². The van der Waals surface area contributed by atoms with E-state index >= 15 is 0 Å². The van der Waals surface area contributed by atoms with Crippen LogP contribution in [0.3, 0.4) is 0 Å². The number of benzene rings is 1. The van der Waals surface area contributed by atoms with E-state index in [4.69, 9.17) is 0 Å². The lowest BCUT2D eigenvalue weighted by molar-refractivity contribution is 0.0595. The van der Waals surface area contributed by atoms with E-state index in [0.717, 1.165) is 5.56 Å². The SMILES string of the molecule is CCC(O)CN(Cc1ccccc1)C(=O)c1c(C)c(C)nn(C)c1=O. The molecule has 1 aromatic heterocycles. The van der Waals surface area contributed by atoms with Gasteiger partial charge in [-0.3, -0.25) is 9.59 Å². The summed E-state index contributed by atoms with van der Waals surface area (Å²) in [6.07, 6.45) is -0.106. The van der Waals surface area contributed by atoms with Crippen LogP contribution in [-0.2, 0) is 13.6 Å².